The summed E-state index contributed by atoms with van der Waals surface area (Å²) in [6, 6.07) is 0.362. The molecular weight excluding hydrogens is 198 g/mol. The number of hydrogen-bond acceptors (Lipinski definition) is 3. The van der Waals surface area contributed by atoms with E-state index in [4.69, 9.17) is 5.73 Å². The van der Waals surface area contributed by atoms with Crippen molar-refractivity contribution in [1.29, 1.82) is 0 Å². The van der Waals surface area contributed by atoms with Gasteiger partial charge in [-0.1, -0.05) is 13.3 Å². The van der Waals surface area contributed by atoms with Gasteiger partial charge in [0.15, 0.2) is 0 Å². The molecule has 0 aliphatic rings. The van der Waals surface area contributed by atoms with Crippen molar-refractivity contribution in [2.75, 3.05) is 40.3 Å². The number of unbranched alkanes of at least 4 members (excludes halogenated alkanes) is 1. The van der Waals surface area contributed by atoms with E-state index in [1.165, 1.54) is 38.9 Å². The Morgan fingerprint density at radius 3 is 2.19 bits per heavy atom. The normalized spacial score (nSPS) is 13.7. The van der Waals surface area contributed by atoms with Gasteiger partial charge in [-0.15, -0.1) is 0 Å². The number of nitrogens with two attached hydrogens (primary N) is 1. The van der Waals surface area contributed by atoms with Crippen LogP contribution in [0.4, 0.5) is 0 Å². The summed E-state index contributed by atoms with van der Waals surface area (Å²) in [6.45, 7) is 9.16. The second kappa shape index (κ2) is 10.1. The van der Waals surface area contributed by atoms with E-state index in [2.05, 4.69) is 37.7 Å². The number of nitrogens with zero attached hydrogens (tertiary/aromatic N) is 2. The maximum Gasteiger partial charge on any atom is 0.0109 e. The van der Waals surface area contributed by atoms with Crippen LogP contribution in [-0.4, -0.2) is 56.1 Å². The van der Waals surface area contributed by atoms with Gasteiger partial charge >= 0.3 is 0 Å². The first kappa shape index (κ1) is 15.9. The van der Waals surface area contributed by atoms with Crippen molar-refractivity contribution in [3.05, 3.63) is 0 Å². The maximum absolute atomic E-state index is 5.75. The Labute approximate surface area is 102 Å². The molecule has 0 spiro atoms. The van der Waals surface area contributed by atoms with Gasteiger partial charge in [0.25, 0.3) is 0 Å². The second-order valence-corrected chi connectivity index (χ2v) is 5.12. The molecule has 0 heterocycles. The molecule has 16 heavy (non-hydrogen) atoms. The van der Waals surface area contributed by atoms with Gasteiger partial charge in [0.2, 0.25) is 0 Å². The molecule has 0 aromatic carbocycles. The van der Waals surface area contributed by atoms with E-state index >= 15 is 0 Å². The van der Waals surface area contributed by atoms with Crippen molar-refractivity contribution in [3.8, 4) is 0 Å². The molecule has 98 valence electrons. The molecule has 0 rings (SSSR count). The predicted octanol–water partition coefficient (Wildman–Crippen LogP) is 1.78. The zero-order chi connectivity index (χ0) is 12.4. The molecule has 0 saturated heterocycles. The first-order valence-electron chi connectivity index (χ1n) is 6.69. The lowest BCUT2D eigenvalue weighted by molar-refractivity contribution is 0.236. The molecular formula is C13H31N3. The fourth-order valence-electron chi connectivity index (χ4n) is 1.79. The molecule has 0 aliphatic heterocycles. The number of likely N-dealkylation sites (N-methyl/N-ethyl adjacent to an activating group) is 1. The van der Waals surface area contributed by atoms with Crippen molar-refractivity contribution in [2.45, 2.75) is 45.6 Å². The van der Waals surface area contributed by atoms with Crippen LogP contribution in [0.1, 0.15) is 39.5 Å². The van der Waals surface area contributed by atoms with Crippen molar-refractivity contribution >= 4 is 0 Å². The zero-order valence-electron chi connectivity index (χ0n) is 11.7. The molecule has 0 aliphatic carbocycles. The van der Waals surface area contributed by atoms with E-state index in [0.29, 0.717) is 6.04 Å². The Kier molecular flexibility index (Phi) is 9.99. The molecule has 1 unspecified atom stereocenters. The molecule has 0 saturated carbocycles. The standard InChI is InChI=1S/C13H31N3/c1-5-9-16(12-11-15(3)4)10-7-6-8-13(2)14/h13H,5-12,14H2,1-4H3. The van der Waals surface area contributed by atoms with E-state index < -0.39 is 0 Å². The molecule has 0 radical (unpaired) electrons. The molecule has 0 fully saturated rings. The molecule has 3 heteroatoms. The Bertz CT molecular complexity index is 146. The van der Waals surface area contributed by atoms with Gasteiger partial charge in [-0.3, -0.25) is 0 Å². The van der Waals surface area contributed by atoms with E-state index in [1.807, 2.05) is 0 Å². The van der Waals surface area contributed by atoms with E-state index in [9.17, 15) is 0 Å². The van der Waals surface area contributed by atoms with Crippen LogP contribution in [0.2, 0.25) is 0 Å². The van der Waals surface area contributed by atoms with Crippen molar-refractivity contribution in [2.24, 2.45) is 5.73 Å². The average Bonchev–Trinajstić information content (AvgIpc) is 2.20. The first-order chi connectivity index (χ1) is 7.56. The molecule has 0 amide bonds. The minimum Gasteiger partial charge on any atom is -0.328 e. The highest BCUT2D eigenvalue weighted by Gasteiger charge is 2.04. The van der Waals surface area contributed by atoms with Crippen LogP contribution in [0, 0.1) is 0 Å². The molecule has 0 bridgehead atoms. The Morgan fingerprint density at radius 1 is 1.00 bits per heavy atom. The maximum atomic E-state index is 5.75. The first-order valence-corrected chi connectivity index (χ1v) is 6.69. The third-order valence-corrected chi connectivity index (χ3v) is 2.79. The zero-order valence-corrected chi connectivity index (χ0v) is 11.7. The summed E-state index contributed by atoms with van der Waals surface area (Å²) in [5.41, 5.74) is 5.75. The summed E-state index contributed by atoms with van der Waals surface area (Å²) >= 11 is 0. The van der Waals surface area contributed by atoms with Crippen LogP contribution >= 0.6 is 0 Å². The van der Waals surface area contributed by atoms with Gasteiger partial charge in [0.05, 0.1) is 0 Å². The molecule has 0 aromatic heterocycles. The quantitative estimate of drug-likeness (QED) is 0.580. The van der Waals surface area contributed by atoms with E-state index in [-0.39, 0.29) is 0 Å². The van der Waals surface area contributed by atoms with Crippen LogP contribution in [0.15, 0.2) is 0 Å². The van der Waals surface area contributed by atoms with Gasteiger partial charge in [-0.05, 0) is 53.4 Å². The summed E-state index contributed by atoms with van der Waals surface area (Å²) in [7, 11) is 4.28. The summed E-state index contributed by atoms with van der Waals surface area (Å²) in [6.07, 6.45) is 4.96. The van der Waals surface area contributed by atoms with Gasteiger partial charge in [-0.25, -0.2) is 0 Å². The van der Waals surface area contributed by atoms with Crippen molar-refractivity contribution in [3.63, 3.8) is 0 Å². The second-order valence-electron chi connectivity index (χ2n) is 5.12. The highest BCUT2D eigenvalue weighted by molar-refractivity contribution is 4.61. The third-order valence-electron chi connectivity index (χ3n) is 2.79. The van der Waals surface area contributed by atoms with Crippen LogP contribution in [-0.2, 0) is 0 Å². The minimum atomic E-state index is 0.362. The topological polar surface area (TPSA) is 32.5 Å². The lowest BCUT2D eigenvalue weighted by atomic mass is 10.1. The smallest absolute Gasteiger partial charge is 0.0109 e. The molecule has 2 N–H and O–H groups in total. The highest BCUT2D eigenvalue weighted by Crippen LogP contribution is 2.02. The van der Waals surface area contributed by atoms with E-state index in [1.54, 1.807) is 0 Å². The van der Waals surface area contributed by atoms with Crippen molar-refractivity contribution in [1.82, 2.24) is 9.80 Å². The largest absolute Gasteiger partial charge is 0.328 e. The predicted molar refractivity (Wildman–Crippen MR) is 72.8 cm³/mol. The van der Waals surface area contributed by atoms with Gasteiger partial charge in [-0.2, -0.15) is 0 Å². The summed E-state index contributed by atoms with van der Waals surface area (Å²) < 4.78 is 0. The SMILES string of the molecule is CCCN(CCCCC(C)N)CCN(C)C. The van der Waals surface area contributed by atoms with Gasteiger partial charge < -0.3 is 15.5 Å². The van der Waals surface area contributed by atoms with Gasteiger partial charge in [0, 0.05) is 19.1 Å². The number of rotatable bonds is 10. The van der Waals surface area contributed by atoms with Crippen LogP contribution in [0.25, 0.3) is 0 Å². The third kappa shape index (κ3) is 10.4. The fourth-order valence-corrected chi connectivity index (χ4v) is 1.79. The Hall–Kier alpha value is -0.120. The summed E-state index contributed by atoms with van der Waals surface area (Å²) in [5, 5.41) is 0. The summed E-state index contributed by atoms with van der Waals surface area (Å²) in [5.74, 6) is 0. The van der Waals surface area contributed by atoms with E-state index in [0.717, 1.165) is 13.0 Å². The lowest BCUT2D eigenvalue weighted by Gasteiger charge is -2.23. The minimum absolute atomic E-state index is 0.362. The Morgan fingerprint density at radius 2 is 1.69 bits per heavy atom. The average molecular weight is 229 g/mol. The van der Waals surface area contributed by atoms with Crippen LogP contribution in [0.3, 0.4) is 0 Å². The van der Waals surface area contributed by atoms with Crippen molar-refractivity contribution < 1.29 is 0 Å². The lowest BCUT2D eigenvalue weighted by Crippen LogP contribution is -2.33. The Balaban J connectivity index is 3.59. The number of hydrogen-bond donors (Lipinski definition) is 1. The van der Waals surface area contributed by atoms with Crippen LogP contribution < -0.4 is 5.73 Å². The molecule has 0 aromatic rings. The summed E-state index contributed by atoms with van der Waals surface area (Å²) in [4.78, 5) is 4.83. The highest BCUT2D eigenvalue weighted by atomic mass is 15.2. The fraction of sp³-hybridized carbons (Fsp3) is 1.00. The van der Waals surface area contributed by atoms with Gasteiger partial charge in [0.1, 0.15) is 0 Å². The molecule has 3 nitrogen and oxygen atoms in total. The van der Waals surface area contributed by atoms with Crippen LogP contribution in [0.5, 0.6) is 0 Å². The molecule has 1 atom stereocenters. The monoisotopic (exact) mass is 229 g/mol.